The lowest BCUT2D eigenvalue weighted by Gasteiger charge is -2.21. The summed E-state index contributed by atoms with van der Waals surface area (Å²) in [5, 5.41) is 2.42. The van der Waals surface area contributed by atoms with Gasteiger partial charge in [0.1, 0.15) is 6.04 Å². The number of nitrogens with one attached hydrogen (secondary N) is 1. The zero-order chi connectivity index (χ0) is 11.5. The molecular formula is C10H11BrF3N. The molecule has 0 bridgehead atoms. The quantitative estimate of drug-likeness (QED) is 0.892. The second-order valence-electron chi connectivity index (χ2n) is 3.09. The second-order valence-corrected chi connectivity index (χ2v) is 4.00. The minimum atomic E-state index is -4.27. The molecule has 0 aliphatic rings. The van der Waals surface area contributed by atoms with E-state index in [-0.39, 0.29) is 12.1 Å². The van der Waals surface area contributed by atoms with E-state index in [4.69, 9.17) is 0 Å². The molecule has 84 valence electrons. The molecule has 0 radical (unpaired) electrons. The van der Waals surface area contributed by atoms with Gasteiger partial charge >= 0.3 is 6.18 Å². The number of halogens is 4. The second kappa shape index (κ2) is 4.99. The van der Waals surface area contributed by atoms with Crippen molar-refractivity contribution in [1.82, 2.24) is 5.32 Å². The van der Waals surface area contributed by atoms with E-state index in [2.05, 4.69) is 21.2 Å². The van der Waals surface area contributed by atoms with Crippen molar-refractivity contribution in [3.05, 3.63) is 34.3 Å². The van der Waals surface area contributed by atoms with Crippen LogP contribution >= 0.6 is 15.9 Å². The summed E-state index contributed by atoms with van der Waals surface area (Å²) in [5.41, 5.74) is 0.221. The lowest BCUT2D eigenvalue weighted by molar-refractivity contribution is -0.157. The molecule has 0 aromatic heterocycles. The van der Waals surface area contributed by atoms with Crippen molar-refractivity contribution in [3.63, 3.8) is 0 Å². The molecule has 0 saturated heterocycles. The molecule has 1 atom stereocenters. The Bertz CT molecular complexity index is 325. The highest BCUT2D eigenvalue weighted by molar-refractivity contribution is 9.10. The van der Waals surface area contributed by atoms with Crippen molar-refractivity contribution in [3.8, 4) is 0 Å². The van der Waals surface area contributed by atoms with Gasteiger partial charge in [-0.05, 0) is 24.2 Å². The minimum absolute atomic E-state index is 0.221. The van der Waals surface area contributed by atoms with Gasteiger partial charge in [0.2, 0.25) is 0 Å². The third-order valence-electron chi connectivity index (χ3n) is 1.92. The molecule has 0 spiro atoms. The van der Waals surface area contributed by atoms with Crippen LogP contribution in [0.5, 0.6) is 0 Å². The molecule has 0 heterocycles. The molecule has 0 fully saturated rings. The average Bonchev–Trinajstić information content (AvgIpc) is 2.12. The van der Waals surface area contributed by atoms with Gasteiger partial charge in [-0.25, -0.2) is 0 Å². The first kappa shape index (κ1) is 12.5. The number of benzene rings is 1. The molecule has 1 N–H and O–H groups in total. The van der Waals surface area contributed by atoms with Crippen LogP contribution in [0.15, 0.2) is 28.7 Å². The fourth-order valence-corrected chi connectivity index (χ4v) is 1.73. The minimum Gasteiger partial charge on any atom is -0.303 e. The lowest BCUT2D eigenvalue weighted by atomic mass is 10.1. The zero-order valence-corrected chi connectivity index (χ0v) is 9.69. The van der Waals surface area contributed by atoms with E-state index in [1.165, 1.54) is 12.1 Å². The Morgan fingerprint density at radius 3 is 2.53 bits per heavy atom. The van der Waals surface area contributed by atoms with Crippen molar-refractivity contribution in [2.75, 3.05) is 6.54 Å². The van der Waals surface area contributed by atoms with Crippen molar-refractivity contribution in [1.29, 1.82) is 0 Å². The van der Waals surface area contributed by atoms with Gasteiger partial charge in [-0.15, -0.1) is 0 Å². The van der Waals surface area contributed by atoms with Gasteiger partial charge in [-0.2, -0.15) is 13.2 Å². The molecule has 1 nitrogen and oxygen atoms in total. The van der Waals surface area contributed by atoms with E-state index in [0.717, 1.165) is 0 Å². The maximum atomic E-state index is 12.6. The molecule has 1 rings (SSSR count). The summed E-state index contributed by atoms with van der Waals surface area (Å²) in [6, 6.07) is 4.63. The SMILES string of the molecule is CCNC(c1cccc(Br)c1)C(F)(F)F. The maximum absolute atomic E-state index is 12.6. The van der Waals surface area contributed by atoms with Crippen LogP contribution in [-0.4, -0.2) is 12.7 Å². The first-order chi connectivity index (χ1) is 6.95. The molecule has 1 aromatic carbocycles. The molecule has 5 heteroatoms. The standard InChI is InChI=1S/C10H11BrF3N/c1-2-15-9(10(12,13)14)7-4-3-5-8(11)6-7/h3-6,9,15H,2H2,1H3. The van der Waals surface area contributed by atoms with Crippen molar-refractivity contribution in [2.45, 2.75) is 19.1 Å². The van der Waals surface area contributed by atoms with Crippen LogP contribution in [0.1, 0.15) is 18.5 Å². The Morgan fingerprint density at radius 2 is 2.07 bits per heavy atom. The van der Waals surface area contributed by atoms with Crippen LogP contribution in [0.2, 0.25) is 0 Å². The molecule has 1 aromatic rings. The summed E-state index contributed by atoms with van der Waals surface area (Å²) >= 11 is 3.15. The predicted molar refractivity (Wildman–Crippen MR) is 56.6 cm³/mol. The number of rotatable bonds is 3. The van der Waals surface area contributed by atoms with E-state index >= 15 is 0 Å². The van der Waals surface area contributed by atoms with Gasteiger partial charge in [0, 0.05) is 4.47 Å². The summed E-state index contributed by atoms with van der Waals surface area (Å²) in [6.07, 6.45) is -4.27. The van der Waals surface area contributed by atoms with Crippen LogP contribution in [0.4, 0.5) is 13.2 Å². The molecule has 0 amide bonds. The monoisotopic (exact) mass is 281 g/mol. The van der Waals surface area contributed by atoms with Crippen LogP contribution < -0.4 is 5.32 Å². The fraction of sp³-hybridized carbons (Fsp3) is 0.400. The van der Waals surface area contributed by atoms with Crippen molar-refractivity contribution >= 4 is 15.9 Å². The van der Waals surface area contributed by atoms with Gasteiger partial charge in [-0.3, -0.25) is 0 Å². The zero-order valence-electron chi connectivity index (χ0n) is 8.11. The third-order valence-corrected chi connectivity index (χ3v) is 2.41. The van der Waals surface area contributed by atoms with Crippen LogP contribution in [0.3, 0.4) is 0 Å². The van der Waals surface area contributed by atoms with Crippen LogP contribution in [0, 0.1) is 0 Å². The lowest BCUT2D eigenvalue weighted by Crippen LogP contribution is -2.33. The Morgan fingerprint density at radius 1 is 1.40 bits per heavy atom. The Hall–Kier alpha value is -0.550. The van der Waals surface area contributed by atoms with E-state index in [9.17, 15) is 13.2 Å². The Kier molecular flexibility index (Phi) is 4.16. The smallest absolute Gasteiger partial charge is 0.303 e. The van der Waals surface area contributed by atoms with E-state index in [1.54, 1.807) is 19.1 Å². The van der Waals surface area contributed by atoms with Crippen LogP contribution in [-0.2, 0) is 0 Å². The maximum Gasteiger partial charge on any atom is 0.407 e. The molecule has 0 saturated carbocycles. The summed E-state index contributed by atoms with van der Waals surface area (Å²) < 4.78 is 38.6. The van der Waals surface area contributed by atoms with Crippen LogP contribution in [0.25, 0.3) is 0 Å². The average molecular weight is 282 g/mol. The fourth-order valence-electron chi connectivity index (χ4n) is 1.31. The predicted octanol–water partition coefficient (Wildman–Crippen LogP) is 3.66. The number of alkyl halides is 3. The normalized spacial score (nSPS) is 13.9. The first-order valence-electron chi connectivity index (χ1n) is 4.50. The highest BCUT2D eigenvalue weighted by Crippen LogP contribution is 2.33. The topological polar surface area (TPSA) is 12.0 Å². The summed E-state index contributed by atoms with van der Waals surface area (Å²) in [5.74, 6) is 0. The first-order valence-corrected chi connectivity index (χ1v) is 5.30. The molecule has 0 aliphatic heterocycles. The van der Waals surface area contributed by atoms with Crippen molar-refractivity contribution in [2.24, 2.45) is 0 Å². The number of hydrogen-bond acceptors (Lipinski definition) is 1. The molecular weight excluding hydrogens is 271 g/mol. The third kappa shape index (κ3) is 3.50. The highest BCUT2D eigenvalue weighted by atomic mass is 79.9. The van der Waals surface area contributed by atoms with Gasteiger partial charge in [-0.1, -0.05) is 35.0 Å². The Labute approximate surface area is 94.8 Å². The number of hydrogen-bond donors (Lipinski definition) is 1. The summed E-state index contributed by atoms with van der Waals surface area (Å²) in [6.45, 7) is 1.92. The van der Waals surface area contributed by atoms with E-state index < -0.39 is 12.2 Å². The summed E-state index contributed by atoms with van der Waals surface area (Å²) in [4.78, 5) is 0. The van der Waals surface area contributed by atoms with E-state index in [1.807, 2.05) is 0 Å². The van der Waals surface area contributed by atoms with Gasteiger partial charge < -0.3 is 5.32 Å². The largest absolute Gasteiger partial charge is 0.407 e. The highest BCUT2D eigenvalue weighted by Gasteiger charge is 2.40. The molecule has 0 aliphatic carbocycles. The molecule has 1 unspecified atom stereocenters. The van der Waals surface area contributed by atoms with Gasteiger partial charge in [0.15, 0.2) is 0 Å². The van der Waals surface area contributed by atoms with Gasteiger partial charge in [0.05, 0.1) is 0 Å². The van der Waals surface area contributed by atoms with Crippen molar-refractivity contribution < 1.29 is 13.2 Å². The van der Waals surface area contributed by atoms with E-state index in [0.29, 0.717) is 4.47 Å². The van der Waals surface area contributed by atoms with Gasteiger partial charge in [0.25, 0.3) is 0 Å². The molecule has 15 heavy (non-hydrogen) atoms. The Balaban J connectivity index is 2.99. The summed E-state index contributed by atoms with van der Waals surface area (Å²) in [7, 11) is 0.